The third kappa shape index (κ3) is 4.97. The second-order valence-electron chi connectivity index (χ2n) is 4.64. The molecular weight excluding hydrogens is 316 g/mol. The first-order valence-electron chi connectivity index (χ1n) is 6.87. The Kier molecular flexibility index (Phi) is 5.94. The molecule has 0 N–H and O–H groups in total. The van der Waals surface area contributed by atoms with E-state index in [9.17, 15) is 9.59 Å². The van der Waals surface area contributed by atoms with Crippen LogP contribution in [0.1, 0.15) is 21.5 Å². The Balaban J connectivity index is 2.14. The SMILES string of the molecule is COC(=O)COC(=O)c1cc(/C=C/c2ccccc2)ccc1Cl. The standard InChI is InChI=1S/C18H15ClO4/c1-22-17(20)12-23-18(21)15-11-14(9-10-16(15)19)8-7-13-5-3-2-4-6-13/h2-11H,12H2,1H3/b8-7+. The van der Waals surface area contributed by atoms with Crippen molar-refractivity contribution >= 4 is 35.7 Å². The van der Waals surface area contributed by atoms with Crippen molar-refractivity contribution < 1.29 is 19.1 Å². The zero-order valence-electron chi connectivity index (χ0n) is 12.5. The van der Waals surface area contributed by atoms with Gasteiger partial charge < -0.3 is 9.47 Å². The van der Waals surface area contributed by atoms with Crippen LogP contribution in [0.15, 0.2) is 48.5 Å². The minimum atomic E-state index is -0.671. The molecule has 0 aromatic heterocycles. The van der Waals surface area contributed by atoms with Crippen molar-refractivity contribution in [3.05, 3.63) is 70.2 Å². The van der Waals surface area contributed by atoms with E-state index < -0.39 is 18.5 Å². The molecule has 2 aromatic rings. The van der Waals surface area contributed by atoms with Gasteiger partial charge in [-0.15, -0.1) is 0 Å². The Morgan fingerprint density at radius 2 is 1.74 bits per heavy atom. The quantitative estimate of drug-likeness (QED) is 0.617. The van der Waals surface area contributed by atoms with Gasteiger partial charge in [0, 0.05) is 0 Å². The summed E-state index contributed by atoms with van der Waals surface area (Å²) >= 11 is 6.02. The summed E-state index contributed by atoms with van der Waals surface area (Å²) in [6, 6.07) is 14.8. The predicted molar refractivity (Wildman–Crippen MR) is 89.1 cm³/mol. The van der Waals surface area contributed by atoms with Crippen LogP contribution in [0.25, 0.3) is 12.2 Å². The maximum atomic E-state index is 12.0. The molecular formula is C18H15ClO4. The molecule has 4 nitrogen and oxygen atoms in total. The van der Waals surface area contributed by atoms with Crippen molar-refractivity contribution in [1.29, 1.82) is 0 Å². The molecule has 2 rings (SSSR count). The summed E-state index contributed by atoms with van der Waals surface area (Å²) in [5.74, 6) is -1.30. The van der Waals surface area contributed by atoms with Gasteiger partial charge in [-0.25, -0.2) is 9.59 Å². The molecule has 0 bridgehead atoms. The van der Waals surface area contributed by atoms with Crippen LogP contribution < -0.4 is 0 Å². The molecule has 0 saturated heterocycles. The lowest BCUT2D eigenvalue weighted by Gasteiger charge is -2.06. The van der Waals surface area contributed by atoms with E-state index in [2.05, 4.69) is 4.74 Å². The van der Waals surface area contributed by atoms with Crippen molar-refractivity contribution in [2.24, 2.45) is 0 Å². The van der Waals surface area contributed by atoms with Crippen LogP contribution in [-0.2, 0) is 14.3 Å². The zero-order chi connectivity index (χ0) is 16.7. The average Bonchev–Trinajstić information content (AvgIpc) is 2.59. The average molecular weight is 331 g/mol. The fraction of sp³-hybridized carbons (Fsp3) is 0.111. The molecule has 0 spiro atoms. The molecule has 5 heteroatoms. The summed E-state index contributed by atoms with van der Waals surface area (Å²) in [6.45, 7) is -0.449. The van der Waals surface area contributed by atoms with E-state index in [0.717, 1.165) is 11.1 Å². The van der Waals surface area contributed by atoms with Crippen LogP contribution in [0, 0.1) is 0 Å². The van der Waals surface area contributed by atoms with Crippen LogP contribution in [0.3, 0.4) is 0 Å². The summed E-state index contributed by atoms with van der Waals surface area (Å²) in [7, 11) is 1.22. The lowest BCUT2D eigenvalue weighted by Crippen LogP contribution is -2.15. The molecule has 118 valence electrons. The number of rotatable bonds is 5. The van der Waals surface area contributed by atoms with Gasteiger partial charge in [-0.05, 0) is 23.3 Å². The highest BCUT2D eigenvalue weighted by molar-refractivity contribution is 6.33. The van der Waals surface area contributed by atoms with Gasteiger partial charge in [0.15, 0.2) is 6.61 Å². The van der Waals surface area contributed by atoms with Gasteiger partial charge in [-0.2, -0.15) is 0 Å². The second-order valence-corrected chi connectivity index (χ2v) is 5.04. The third-order valence-electron chi connectivity index (χ3n) is 3.03. The van der Waals surface area contributed by atoms with Crippen molar-refractivity contribution in [2.75, 3.05) is 13.7 Å². The summed E-state index contributed by atoms with van der Waals surface area (Å²) in [4.78, 5) is 23.0. The number of benzene rings is 2. The van der Waals surface area contributed by atoms with E-state index in [0.29, 0.717) is 0 Å². The largest absolute Gasteiger partial charge is 0.466 e. The number of carbonyl (C=O) groups is 2. The number of halogens is 1. The van der Waals surface area contributed by atoms with Gasteiger partial charge in [-0.1, -0.05) is 60.2 Å². The fourth-order valence-corrected chi connectivity index (χ4v) is 2.02. The molecule has 0 aliphatic carbocycles. The maximum Gasteiger partial charge on any atom is 0.344 e. The molecule has 0 fully saturated rings. The number of ether oxygens (including phenoxy) is 2. The number of hydrogen-bond donors (Lipinski definition) is 0. The van der Waals surface area contributed by atoms with Crippen LogP contribution in [0.2, 0.25) is 5.02 Å². The first-order valence-corrected chi connectivity index (χ1v) is 7.24. The van der Waals surface area contributed by atoms with Crippen LogP contribution >= 0.6 is 11.6 Å². The Labute approximate surface area is 139 Å². The van der Waals surface area contributed by atoms with E-state index in [-0.39, 0.29) is 10.6 Å². The summed E-state index contributed by atoms with van der Waals surface area (Å²) in [5, 5.41) is 0.261. The summed E-state index contributed by atoms with van der Waals surface area (Å²) in [6.07, 6.45) is 3.79. The second kappa shape index (κ2) is 8.15. The highest BCUT2D eigenvalue weighted by Crippen LogP contribution is 2.20. The number of carbonyl (C=O) groups excluding carboxylic acids is 2. The van der Waals surface area contributed by atoms with Gasteiger partial charge in [-0.3, -0.25) is 0 Å². The molecule has 0 aliphatic rings. The normalized spacial score (nSPS) is 10.5. The van der Waals surface area contributed by atoms with Crippen LogP contribution in [0.4, 0.5) is 0 Å². The molecule has 0 amide bonds. The van der Waals surface area contributed by atoms with E-state index in [1.54, 1.807) is 18.2 Å². The summed E-state index contributed by atoms with van der Waals surface area (Å²) < 4.78 is 9.28. The predicted octanol–water partition coefficient (Wildman–Crippen LogP) is 3.84. The summed E-state index contributed by atoms with van der Waals surface area (Å²) in [5.41, 5.74) is 2.03. The highest BCUT2D eigenvalue weighted by atomic mass is 35.5. The molecule has 23 heavy (non-hydrogen) atoms. The maximum absolute atomic E-state index is 12.0. The van der Waals surface area contributed by atoms with Crippen LogP contribution in [0.5, 0.6) is 0 Å². The number of methoxy groups -OCH3 is 1. The Morgan fingerprint density at radius 3 is 2.43 bits per heavy atom. The van der Waals surface area contributed by atoms with Gasteiger partial charge in [0.1, 0.15) is 0 Å². The van der Waals surface area contributed by atoms with E-state index in [1.165, 1.54) is 7.11 Å². The number of esters is 2. The van der Waals surface area contributed by atoms with E-state index >= 15 is 0 Å². The van der Waals surface area contributed by atoms with E-state index in [1.807, 2.05) is 42.5 Å². The zero-order valence-corrected chi connectivity index (χ0v) is 13.2. The Hall–Kier alpha value is -2.59. The highest BCUT2D eigenvalue weighted by Gasteiger charge is 2.14. The van der Waals surface area contributed by atoms with Gasteiger partial charge >= 0.3 is 11.9 Å². The van der Waals surface area contributed by atoms with Crippen molar-refractivity contribution in [1.82, 2.24) is 0 Å². The Bertz CT molecular complexity index is 723. The molecule has 0 heterocycles. The monoisotopic (exact) mass is 330 g/mol. The van der Waals surface area contributed by atoms with Crippen LogP contribution in [-0.4, -0.2) is 25.7 Å². The minimum absolute atomic E-state index is 0.200. The fourth-order valence-electron chi connectivity index (χ4n) is 1.82. The molecule has 0 atom stereocenters. The lowest BCUT2D eigenvalue weighted by atomic mass is 10.1. The molecule has 2 aromatic carbocycles. The third-order valence-corrected chi connectivity index (χ3v) is 3.36. The lowest BCUT2D eigenvalue weighted by molar-refractivity contribution is -0.144. The van der Waals surface area contributed by atoms with Crippen molar-refractivity contribution in [3.8, 4) is 0 Å². The van der Waals surface area contributed by atoms with E-state index in [4.69, 9.17) is 16.3 Å². The molecule has 0 aliphatic heterocycles. The molecule has 0 unspecified atom stereocenters. The van der Waals surface area contributed by atoms with Gasteiger partial charge in [0.25, 0.3) is 0 Å². The molecule has 0 saturated carbocycles. The first kappa shape index (κ1) is 16.8. The van der Waals surface area contributed by atoms with Gasteiger partial charge in [0.2, 0.25) is 0 Å². The molecule has 0 radical (unpaired) electrons. The van der Waals surface area contributed by atoms with Crippen molar-refractivity contribution in [2.45, 2.75) is 0 Å². The minimum Gasteiger partial charge on any atom is -0.466 e. The Morgan fingerprint density at radius 1 is 1.04 bits per heavy atom. The smallest absolute Gasteiger partial charge is 0.344 e. The van der Waals surface area contributed by atoms with Crippen molar-refractivity contribution in [3.63, 3.8) is 0 Å². The topological polar surface area (TPSA) is 52.6 Å². The first-order chi connectivity index (χ1) is 11.1. The number of hydrogen-bond acceptors (Lipinski definition) is 4. The van der Waals surface area contributed by atoms with Gasteiger partial charge in [0.05, 0.1) is 17.7 Å².